The van der Waals surface area contributed by atoms with Crippen LogP contribution in [-0.4, -0.2) is 90.6 Å². The first-order chi connectivity index (χ1) is 13.4. The van der Waals surface area contributed by atoms with Gasteiger partial charge in [0.05, 0.1) is 66.1 Å². The van der Waals surface area contributed by atoms with Gasteiger partial charge in [-0.3, -0.25) is 4.90 Å². The molecule has 1 aliphatic carbocycles. The first kappa shape index (κ1) is 22.3. The van der Waals surface area contributed by atoms with Gasteiger partial charge in [-0.1, -0.05) is 36.0 Å². The molecule has 1 fully saturated rings. The average Bonchev–Trinajstić information content (AvgIpc) is 3.19. The Morgan fingerprint density at radius 1 is 0.704 bits per heavy atom. The molecule has 2 aliphatic rings. The minimum absolute atomic E-state index is 0.590. The quantitative estimate of drug-likeness (QED) is 0.696. The van der Waals surface area contributed by atoms with Crippen LogP contribution in [0.1, 0.15) is 12.8 Å². The van der Waals surface area contributed by atoms with Crippen LogP contribution in [0, 0.1) is 0 Å². The van der Waals surface area contributed by atoms with E-state index in [9.17, 15) is 0 Å². The van der Waals surface area contributed by atoms with Crippen LogP contribution in [0.4, 0.5) is 0 Å². The average molecular weight is 382 g/mol. The van der Waals surface area contributed by atoms with Crippen molar-refractivity contribution >= 4 is 0 Å². The second kappa shape index (κ2) is 16.0. The van der Waals surface area contributed by atoms with Crippen molar-refractivity contribution in [2.45, 2.75) is 12.8 Å². The van der Waals surface area contributed by atoms with Crippen molar-refractivity contribution < 1.29 is 23.7 Å². The lowest BCUT2D eigenvalue weighted by atomic mass is 10.1. The van der Waals surface area contributed by atoms with E-state index >= 15 is 0 Å². The van der Waals surface area contributed by atoms with Crippen molar-refractivity contribution in [3.63, 3.8) is 0 Å². The van der Waals surface area contributed by atoms with Gasteiger partial charge in [0.1, 0.15) is 0 Å². The number of hydrogen-bond donors (Lipinski definition) is 0. The van der Waals surface area contributed by atoms with E-state index in [4.69, 9.17) is 23.7 Å². The second-order valence-corrected chi connectivity index (χ2v) is 6.50. The van der Waals surface area contributed by atoms with Gasteiger partial charge in [-0.05, 0) is 12.8 Å². The van der Waals surface area contributed by atoms with Crippen LogP contribution in [0.3, 0.4) is 0 Å². The van der Waals surface area contributed by atoms with Crippen LogP contribution in [0.5, 0.6) is 0 Å². The van der Waals surface area contributed by atoms with E-state index in [2.05, 4.69) is 35.3 Å². The molecule has 0 saturated carbocycles. The van der Waals surface area contributed by atoms with Gasteiger partial charge in [-0.2, -0.15) is 0 Å². The minimum atomic E-state index is 0.590. The molecule has 0 aromatic heterocycles. The molecule has 0 radical (unpaired) electrons. The normalized spacial score (nSPS) is 23.2. The lowest BCUT2D eigenvalue weighted by Crippen LogP contribution is -2.32. The zero-order chi connectivity index (χ0) is 18.8. The Balaban J connectivity index is 1.66. The Labute approximate surface area is 163 Å². The number of hydrogen-bond acceptors (Lipinski definition) is 6. The summed E-state index contributed by atoms with van der Waals surface area (Å²) in [7, 11) is 0. The lowest BCUT2D eigenvalue weighted by Gasteiger charge is -2.21. The Kier molecular flexibility index (Phi) is 13.2. The molecule has 0 atom stereocenters. The summed E-state index contributed by atoms with van der Waals surface area (Å²) in [6.07, 6.45) is 13.2. The molecule has 1 aliphatic heterocycles. The van der Waals surface area contributed by atoms with Crippen LogP contribution < -0.4 is 0 Å². The molecule has 27 heavy (non-hydrogen) atoms. The molecule has 0 unspecified atom stereocenters. The predicted octanol–water partition coefficient (Wildman–Crippen LogP) is 2.22. The topological polar surface area (TPSA) is 49.4 Å². The molecule has 0 N–H and O–H groups in total. The second-order valence-electron chi connectivity index (χ2n) is 6.50. The largest absolute Gasteiger partial charge is 0.378 e. The highest BCUT2D eigenvalue weighted by Gasteiger charge is 2.04. The van der Waals surface area contributed by atoms with Crippen molar-refractivity contribution in [2.75, 3.05) is 85.7 Å². The molecule has 6 heteroatoms. The van der Waals surface area contributed by atoms with E-state index in [1.54, 1.807) is 0 Å². The van der Waals surface area contributed by atoms with Crippen LogP contribution in [0.25, 0.3) is 0 Å². The van der Waals surface area contributed by atoms with Gasteiger partial charge < -0.3 is 23.7 Å². The Morgan fingerprint density at radius 2 is 1.22 bits per heavy atom. The van der Waals surface area contributed by atoms with E-state index in [0.29, 0.717) is 66.1 Å². The molecule has 0 amide bonds. The summed E-state index contributed by atoms with van der Waals surface area (Å²) in [6, 6.07) is 0. The van der Waals surface area contributed by atoms with Gasteiger partial charge in [0.15, 0.2) is 0 Å². The zero-order valence-electron chi connectivity index (χ0n) is 16.5. The van der Waals surface area contributed by atoms with E-state index in [-0.39, 0.29) is 0 Å². The third kappa shape index (κ3) is 12.1. The molecule has 1 saturated heterocycles. The summed E-state index contributed by atoms with van der Waals surface area (Å²) in [5.74, 6) is 0. The summed E-state index contributed by atoms with van der Waals surface area (Å²) >= 11 is 0. The Hall–Kier alpha value is -1.02. The highest BCUT2D eigenvalue weighted by atomic mass is 16.6. The monoisotopic (exact) mass is 381 g/mol. The highest BCUT2D eigenvalue weighted by Crippen LogP contribution is 2.14. The van der Waals surface area contributed by atoms with Crippen molar-refractivity contribution in [1.29, 1.82) is 0 Å². The molecule has 0 spiro atoms. The maximum absolute atomic E-state index is 5.69. The smallest absolute Gasteiger partial charge is 0.0701 e. The third-order valence-electron chi connectivity index (χ3n) is 4.35. The first-order valence-electron chi connectivity index (χ1n) is 10.1. The van der Waals surface area contributed by atoms with Gasteiger partial charge in [-0.15, -0.1) is 0 Å². The van der Waals surface area contributed by atoms with Crippen molar-refractivity contribution in [3.8, 4) is 0 Å². The van der Waals surface area contributed by atoms with Crippen molar-refractivity contribution in [3.05, 3.63) is 36.0 Å². The molecule has 0 aromatic carbocycles. The minimum Gasteiger partial charge on any atom is -0.378 e. The Morgan fingerprint density at radius 3 is 1.70 bits per heavy atom. The van der Waals surface area contributed by atoms with Crippen molar-refractivity contribution in [1.82, 2.24) is 4.90 Å². The fraction of sp³-hybridized carbons (Fsp3) is 0.714. The summed E-state index contributed by atoms with van der Waals surface area (Å²) < 4.78 is 27.8. The van der Waals surface area contributed by atoms with E-state index < -0.39 is 0 Å². The van der Waals surface area contributed by atoms with Gasteiger partial charge in [-0.25, -0.2) is 0 Å². The Bertz CT molecular complexity index is 432. The van der Waals surface area contributed by atoms with Crippen LogP contribution in [-0.2, 0) is 23.7 Å². The molecule has 1 heterocycles. The van der Waals surface area contributed by atoms with Gasteiger partial charge >= 0.3 is 0 Å². The lowest BCUT2D eigenvalue weighted by molar-refractivity contribution is -0.0179. The maximum Gasteiger partial charge on any atom is 0.0701 e. The number of ether oxygens (including phenoxy) is 5. The molecule has 2 rings (SSSR count). The third-order valence-corrected chi connectivity index (χ3v) is 4.35. The van der Waals surface area contributed by atoms with Gasteiger partial charge in [0.25, 0.3) is 0 Å². The van der Waals surface area contributed by atoms with Gasteiger partial charge in [0, 0.05) is 19.6 Å². The molecular formula is C21H35NO5. The molecule has 0 bridgehead atoms. The first-order valence-corrected chi connectivity index (χ1v) is 10.1. The van der Waals surface area contributed by atoms with Crippen LogP contribution >= 0.6 is 0 Å². The van der Waals surface area contributed by atoms with Gasteiger partial charge in [0.2, 0.25) is 0 Å². The van der Waals surface area contributed by atoms with Crippen molar-refractivity contribution in [2.24, 2.45) is 0 Å². The number of nitrogens with zero attached hydrogens (tertiary/aromatic N) is 1. The van der Waals surface area contributed by atoms with E-state index in [1.165, 1.54) is 5.57 Å². The number of allylic oxidation sites excluding steroid dienone is 5. The van der Waals surface area contributed by atoms with Crippen LogP contribution in [0.2, 0.25) is 0 Å². The summed E-state index contributed by atoms with van der Waals surface area (Å²) in [5, 5.41) is 0. The molecule has 6 nitrogen and oxygen atoms in total. The maximum atomic E-state index is 5.69. The summed E-state index contributed by atoms with van der Waals surface area (Å²) in [5.41, 5.74) is 1.48. The zero-order valence-corrected chi connectivity index (χ0v) is 16.5. The molecule has 0 aromatic rings. The summed E-state index contributed by atoms with van der Waals surface area (Å²) in [6.45, 7) is 8.89. The standard InChI is InChI=1S/C21H35NO5/c1-2-6-21(5-1)7-3-4-8-22-9-11-23-13-15-25-17-19-27-20-18-26-16-14-24-12-10-22/h1-5H,6-20H2/b4-3+. The predicted molar refractivity (Wildman–Crippen MR) is 106 cm³/mol. The van der Waals surface area contributed by atoms with Crippen LogP contribution in [0.15, 0.2) is 36.0 Å². The fourth-order valence-electron chi connectivity index (χ4n) is 2.76. The fourth-order valence-corrected chi connectivity index (χ4v) is 2.76. The number of rotatable bonds is 4. The summed E-state index contributed by atoms with van der Waals surface area (Å²) in [4.78, 5) is 2.36. The SMILES string of the molecule is C1=CCC(C/C=C/CN2CCOCCOCCOCCOCCOCC2)=C1. The van der Waals surface area contributed by atoms with E-state index in [0.717, 1.165) is 32.5 Å². The highest BCUT2D eigenvalue weighted by molar-refractivity contribution is 5.24. The van der Waals surface area contributed by atoms with E-state index in [1.807, 2.05) is 0 Å². The molecule has 154 valence electrons. The molecular weight excluding hydrogens is 346 g/mol.